The SMILES string of the molecule is CCCC(C=O)=C(Cl)c1ccc(Cl)cc1. The molecule has 1 aromatic rings. The molecule has 0 bridgehead atoms. The average Bonchev–Trinajstić information content (AvgIpc) is 2.26. The van der Waals surface area contributed by atoms with E-state index in [0.29, 0.717) is 22.0 Å². The summed E-state index contributed by atoms with van der Waals surface area (Å²) in [5, 5.41) is 1.18. The molecule has 0 atom stereocenters. The van der Waals surface area contributed by atoms with E-state index in [0.717, 1.165) is 18.3 Å². The first-order valence-electron chi connectivity index (χ1n) is 4.78. The molecule has 0 heterocycles. The molecule has 1 rings (SSSR count). The van der Waals surface area contributed by atoms with Gasteiger partial charge in [-0.25, -0.2) is 0 Å². The molecule has 0 aliphatic heterocycles. The molecule has 0 aliphatic carbocycles. The third kappa shape index (κ3) is 3.37. The minimum absolute atomic E-state index is 0.517. The van der Waals surface area contributed by atoms with Crippen molar-refractivity contribution in [2.45, 2.75) is 19.8 Å². The zero-order valence-corrected chi connectivity index (χ0v) is 9.98. The molecule has 0 saturated heterocycles. The third-order valence-corrected chi connectivity index (χ3v) is 2.75. The van der Waals surface area contributed by atoms with Gasteiger partial charge in [0.1, 0.15) is 6.29 Å². The molecule has 0 spiro atoms. The minimum Gasteiger partial charge on any atom is -0.298 e. The van der Waals surface area contributed by atoms with Gasteiger partial charge in [0.15, 0.2) is 0 Å². The molecule has 1 nitrogen and oxygen atoms in total. The Kier molecular flexibility index (Phi) is 4.86. The lowest BCUT2D eigenvalue weighted by atomic mass is 10.1. The molecule has 0 unspecified atom stereocenters. The smallest absolute Gasteiger partial charge is 0.147 e. The van der Waals surface area contributed by atoms with Gasteiger partial charge in [0.2, 0.25) is 0 Å². The predicted octanol–water partition coefficient (Wildman–Crippen LogP) is 4.29. The van der Waals surface area contributed by atoms with Gasteiger partial charge in [-0.3, -0.25) is 4.79 Å². The Labute approximate surface area is 99.7 Å². The van der Waals surface area contributed by atoms with Crippen molar-refractivity contribution in [2.24, 2.45) is 0 Å². The van der Waals surface area contributed by atoms with Crippen molar-refractivity contribution in [1.82, 2.24) is 0 Å². The minimum atomic E-state index is 0.517. The summed E-state index contributed by atoms with van der Waals surface area (Å²) in [6.45, 7) is 2.01. The van der Waals surface area contributed by atoms with Crippen LogP contribution in [0.2, 0.25) is 5.02 Å². The zero-order chi connectivity index (χ0) is 11.3. The van der Waals surface area contributed by atoms with Crippen LogP contribution in [0.5, 0.6) is 0 Å². The lowest BCUT2D eigenvalue weighted by Crippen LogP contribution is -1.89. The second kappa shape index (κ2) is 5.94. The number of hydrogen-bond donors (Lipinski definition) is 0. The van der Waals surface area contributed by atoms with Crippen LogP contribution in [0.25, 0.3) is 5.03 Å². The molecule has 3 heteroatoms. The van der Waals surface area contributed by atoms with Gasteiger partial charge in [0.05, 0.1) is 5.03 Å². The number of carbonyl (C=O) groups excluding carboxylic acids is 1. The highest BCUT2D eigenvalue weighted by Gasteiger charge is 2.05. The van der Waals surface area contributed by atoms with E-state index in [4.69, 9.17) is 23.2 Å². The summed E-state index contributed by atoms with van der Waals surface area (Å²) in [6.07, 6.45) is 2.42. The number of allylic oxidation sites excluding steroid dienone is 1. The molecule has 0 saturated carbocycles. The number of aldehydes is 1. The van der Waals surface area contributed by atoms with E-state index in [1.165, 1.54) is 0 Å². The largest absolute Gasteiger partial charge is 0.298 e. The van der Waals surface area contributed by atoms with Crippen molar-refractivity contribution in [3.05, 3.63) is 40.4 Å². The van der Waals surface area contributed by atoms with Gasteiger partial charge < -0.3 is 0 Å². The first-order chi connectivity index (χ1) is 7.19. The molecular formula is C12H12Cl2O. The quantitative estimate of drug-likeness (QED) is 0.569. The first kappa shape index (κ1) is 12.3. The maximum atomic E-state index is 10.8. The van der Waals surface area contributed by atoms with Crippen LogP contribution in [0.15, 0.2) is 29.8 Å². The van der Waals surface area contributed by atoms with Crippen LogP contribution in [-0.4, -0.2) is 6.29 Å². The molecule has 80 valence electrons. The number of benzene rings is 1. The Hall–Kier alpha value is -0.790. The van der Waals surface area contributed by atoms with Crippen LogP contribution in [0.3, 0.4) is 0 Å². The maximum absolute atomic E-state index is 10.8. The molecule has 0 aliphatic rings. The Bertz CT molecular complexity index is 366. The second-order valence-electron chi connectivity index (χ2n) is 3.21. The van der Waals surface area contributed by atoms with Gasteiger partial charge in [0.25, 0.3) is 0 Å². The van der Waals surface area contributed by atoms with Crippen LogP contribution >= 0.6 is 23.2 Å². The van der Waals surface area contributed by atoms with E-state index in [9.17, 15) is 4.79 Å². The highest BCUT2D eigenvalue weighted by Crippen LogP contribution is 2.25. The number of carbonyl (C=O) groups is 1. The van der Waals surface area contributed by atoms with Crippen LogP contribution in [0, 0.1) is 0 Å². The molecule has 0 amide bonds. The first-order valence-corrected chi connectivity index (χ1v) is 5.54. The second-order valence-corrected chi connectivity index (χ2v) is 4.03. The summed E-state index contributed by atoms with van der Waals surface area (Å²) in [5.41, 5.74) is 1.47. The van der Waals surface area contributed by atoms with E-state index in [2.05, 4.69) is 0 Å². The maximum Gasteiger partial charge on any atom is 0.147 e. The normalized spacial score (nSPS) is 12.2. The average molecular weight is 243 g/mol. The molecule has 1 aromatic carbocycles. The lowest BCUT2D eigenvalue weighted by molar-refractivity contribution is -0.105. The number of hydrogen-bond acceptors (Lipinski definition) is 1. The summed E-state index contributed by atoms with van der Waals surface area (Å²) in [6, 6.07) is 7.13. The van der Waals surface area contributed by atoms with Crippen molar-refractivity contribution >= 4 is 34.5 Å². The molecular weight excluding hydrogens is 231 g/mol. The standard InChI is InChI=1S/C12H12Cl2O/c1-2-3-10(8-15)12(14)9-4-6-11(13)7-5-9/h4-8H,2-3H2,1H3. The van der Waals surface area contributed by atoms with E-state index in [-0.39, 0.29) is 0 Å². The topological polar surface area (TPSA) is 17.1 Å². The summed E-state index contributed by atoms with van der Waals surface area (Å²) < 4.78 is 0. The highest BCUT2D eigenvalue weighted by atomic mass is 35.5. The summed E-state index contributed by atoms with van der Waals surface area (Å²) in [7, 11) is 0. The molecule has 0 aromatic heterocycles. The van der Waals surface area contributed by atoms with Crippen LogP contribution in [-0.2, 0) is 4.79 Å². The van der Waals surface area contributed by atoms with Crippen molar-refractivity contribution in [1.29, 1.82) is 0 Å². The van der Waals surface area contributed by atoms with Gasteiger partial charge in [-0.15, -0.1) is 0 Å². The Balaban J connectivity index is 3.04. The Morgan fingerprint density at radius 3 is 2.40 bits per heavy atom. The molecule has 15 heavy (non-hydrogen) atoms. The van der Waals surface area contributed by atoms with Crippen molar-refractivity contribution < 1.29 is 4.79 Å². The highest BCUT2D eigenvalue weighted by molar-refractivity contribution is 6.50. The fourth-order valence-corrected chi connectivity index (χ4v) is 1.66. The summed E-state index contributed by atoms with van der Waals surface area (Å²) in [5.74, 6) is 0. The van der Waals surface area contributed by atoms with E-state index in [1.54, 1.807) is 12.1 Å². The van der Waals surface area contributed by atoms with Crippen LogP contribution in [0.1, 0.15) is 25.3 Å². The predicted molar refractivity (Wildman–Crippen MR) is 65.2 cm³/mol. The summed E-state index contributed by atoms with van der Waals surface area (Å²) in [4.78, 5) is 10.8. The molecule has 0 N–H and O–H groups in total. The fraction of sp³-hybridized carbons (Fsp3) is 0.250. The third-order valence-electron chi connectivity index (χ3n) is 2.04. The van der Waals surface area contributed by atoms with Gasteiger partial charge in [-0.2, -0.15) is 0 Å². The fourth-order valence-electron chi connectivity index (χ4n) is 1.27. The molecule has 0 fully saturated rings. The zero-order valence-electron chi connectivity index (χ0n) is 8.47. The van der Waals surface area contributed by atoms with Crippen molar-refractivity contribution in [3.63, 3.8) is 0 Å². The number of rotatable bonds is 4. The monoisotopic (exact) mass is 242 g/mol. The van der Waals surface area contributed by atoms with Crippen molar-refractivity contribution in [2.75, 3.05) is 0 Å². The van der Waals surface area contributed by atoms with E-state index >= 15 is 0 Å². The lowest BCUT2D eigenvalue weighted by Gasteiger charge is -2.03. The van der Waals surface area contributed by atoms with Crippen molar-refractivity contribution in [3.8, 4) is 0 Å². The number of halogens is 2. The Morgan fingerprint density at radius 1 is 1.33 bits per heavy atom. The van der Waals surface area contributed by atoms with Gasteiger partial charge in [-0.05, 0) is 24.1 Å². The van der Waals surface area contributed by atoms with E-state index in [1.807, 2.05) is 19.1 Å². The van der Waals surface area contributed by atoms with Gasteiger partial charge >= 0.3 is 0 Å². The van der Waals surface area contributed by atoms with Gasteiger partial charge in [-0.1, -0.05) is 48.7 Å². The van der Waals surface area contributed by atoms with Gasteiger partial charge in [0, 0.05) is 10.6 Å². The molecule has 0 radical (unpaired) electrons. The Morgan fingerprint density at radius 2 is 1.93 bits per heavy atom. The van der Waals surface area contributed by atoms with Crippen LogP contribution in [0.4, 0.5) is 0 Å². The van der Waals surface area contributed by atoms with Crippen LogP contribution < -0.4 is 0 Å². The summed E-state index contributed by atoms with van der Waals surface area (Å²) >= 11 is 11.9. The van der Waals surface area contributed by atoms with E-state index < -0.39 is 0 Å².